The van der Waals surface area contributed by atoms with Crippen molar-refractivity contribution in [2.45, 2.75) is 64.8 Å². The van der Waals surface area contributed by atoms with Gasteiger partial charge in [0, 0.05) is 18.5 Å². The quantitative estimate of drug-likeness (QED) is 0.177. The highest BCUT2D eigenvalue weighted by atomic mass is 16.5. The van der Waals surface area contributed by atoms with Crippen molar-refractivity contribution in [3.05, 3.63) is 83.6 Å². The van der Waals surface area contributed by atoms with Crippen LogP contribution in [0.2, 0.25) is 0 Å². The monoisotopic (exact) mass is 522 g/mol. The Morgan fingerprint density at radius 2 is 1.74 bits per heavy atom. The Labute approximate surface area is 232 Å². The molecule has 2 aliphatic rings. The number of hydrogen-bond donors (Lipinski definition) is 1. The summed E-state index contributed by atoms with van der Waals surface area (Å²) in [5, 5.41) is 14.8. The molecule has 1 N–H and O–H groups in total. The zero-order chi connectivity index (χ0) is 26.8. The summed E-state index contributed by atoms with van der Waals surface area (Å²) in [6, 6.07) is 24.1. The second kappa shape index (κ2) is 11.5. The minimum atomic E-state index is 0.483. The summed E-state index contributed by atoms with van der Waals surface area (Å²) in [6.07, 6.45) is 6.67. The summed E-state index contributed by atoms with van der Waals surface area (Å²) in [5.74, 6) is 2.57. The van der Waals surface area contributed by atoms with E-state index in [1.54, 1.807) is 0 Å². The van der Waals surface area contributed by atoms with Gasteiger partial charge in [0.05, 0.1) is 17.8 Å². The Morgan fingerprint density at radius 3 is 2.49 bits per heavy atom. The minimum Gasteiger partial charge on any atom is -0.506 e. The molecular weight excluding hydrogens is 480 g/mol. The lowest BCUT2D eigenvalue weighted by Gasteiger charge is -2.32. The van der Waals surface area contributed by atoms with E-state index in [1.165, 1.54) is 41.2 Å². The van der Waals surface area contributed by atoms with Crippen molar-refractivity contribution >= 4 is 27.4 Å². The van der Waals surface area contributed by atoms with Crippen LogP contribution in [0.25, 0.3) is 27.4 Å². The maximum atomic E-state index is 11.0. The van der Waals surface area contributed by atoms with E-state index < -0.39 is 0 Å². The van der Waals surface area contributed by atoms with Crippen LogP contribution in [0.15, 0.2) is 72.3 Å². The molecule has 6 rings (SSSR count). The molecule has 1 saturated carbocycles. The first-order chi connectivity index (χ1) is 19.1. The van der Waals surface area contributed by atoms with Gasteiger partial charge in [-0.1, -0.05) is 62.4 Å². The summed E-state index contributed by atoms with van der Waals surface area (Å²) in [7, 11) is 0. The third kappa shape index (κ3) is 5.58. The number of aromatic nitrogens is 1. The lowest BCUT2D eigenvalue weighted by atomic mass is 9.88. The molecule has 0 atom stereocenters. The van der Waals surface area contributed by atoms with Gasteiger partial charge in [0.1, 0.15) is 11.5 Å². The fraction of sp³-hybridized carbons (Fsp3) is 0.429. The molecule has 0 spiro atoms. The Hall–Kier alpha value is -3.24. The summed E-state index contributed by atoms with van der Waals surface area (Å²) in [4.78, 5) is 2.60. The van der Waals surface area contributed by atoms with E-state index in [9.17, 15) is 5.11 Å². The summed E-state index contributed by atoms with van der Waals surface area (Å²) < 4.78 is 8.64. The van der Waals surface area contributed by atoms with Crippen molar-refractivity contribution in [1.82, 2.24) is 9.47 Å². The van der Waals surface area contributed by atoms with E-state index in [2.05, 4.69) is 90.0 Å². The largest absolute Gasteiger partial charge is 0.506 e. The summed E-state index contributed by atoms with van der Waals surface area (Å²) >= 11 is 0. The van der Waals surface area contributed by atoms with Crippen LogP contribution in [0.3, 0.4) is 0 Å². The summed E-state index contributed by atoms with van der Waals surface area (Å²) in [5.41, 5.74) is 4.78. The second-order valence-electron chi connectivity index (χ2n) is 12.0. The average Bonchev–Trinajstić information content (AvgIpc) is 3.28. The van der Waals surface area contributed by atoms with Crippen molar-refractivity contribution in [1.29, 1.82) is 0 Å². The standard InChI is InChI=1S/C35H42N2O2/c1-25(2)24-37-32-12-6-13-34(31(32)23-33(37)35(38)28-10-5-11-28)39-21-7-18-36-19-16-27(17-20-36)30-15-14-26-8-3-4-9-29(26)22-30/h3-4,6,8-9,12-15,22-23,25,27,38H,5,7,10-11,16-21,24H2,1-2H3. The predicted molar refractivity (Wildman–Crippen MR) is 163 cm³/mol. The van der Waals surface area contributed by atoms with Crippen molar-refractivity contribution < 1.29 is 9.84 Å². The normalized spacial score (nSPS) is 16.7. The molecule has 4 nitrogen and oxygen atoms in total. The highest BCUT2D eigenvalue weighted by Crippen LogP contribution is 2.37. The molecule has 1 aliphatic carbocycles. The molecule has 0 radical (unpaired) electrons. The number of piperidine rings is 1. The van der Waals surface area contributed by atoms with Crippen LogP contribution >= 0.6 is 0 Å². The maximum absolute atomic E-state index is 11.0. The van der Waals surface area contributed by atoms with Gasteiger partial charge >= 0.3 is 0 Å². The molecule has 204 valence electrons. The molecule has 2 fully saturated rings. The Bertz CT molecular complexity index is 1470. The van der Waals surface area contributed by atoms with Crippen LogP contribution < -0.4 is 4.74 Å². The third-order valence-corrected chi connectivity index (χ3v) is 8.70. The number of rotatable bonds is 9. The molecule has 0 bridgehead atoms. The number of benzene rings is 3. The number of hydrogen-bond acceptors (Lipinski definition) is 3. The van der Waals surface area contributed by atoms with Crippen LogP contribution in [0.1, 0.15) is 69.5 Å². The number of aliphatic hydroxyl groups is 1. The van der Waals surface area contributed by atoms with E-state index in [4.69, 9.17) is 4.74 Å². The lowest BCUT2D eigenvalue weighted by molar-refractivity contribution is 0.193. The van der Waals surface area contributed by atoms with E-state index >= 15 is 0 Å². The summed E-state index contributed by atoms with van der Waals surface area (Å²) in [6.45, 7) is 9.44. The number of fused-ring (bicyclic) bond motifs is 2. The minimum absolute atomic E-state index is 0.483. The first-order valence-electron chi connectivity index (χ1n) is 14.9. The number of likely N-dealkylation sites (tertiary alicyclic amines) is 1. The first-order valence-corrected chi connectivity index (χ1v) is 14.9. The van der Waals surface area contributed by atoms with E-state index in [0.717, 1.165) is 67.8 Å². The smallest absolute Gasteiger partial charge is 0.138 e. The zero-order valence-corrected chi connectivity index (χ0v) is 23.5. The van der Waals surface area contributed by atoms with Crippen LogP contribution in [0, 0.1) is 5.92 Å². The molecule has 3 aromatic carbocycles. The van der Waals surface area contributed by atoms with Gasteiger partial charge in [0.15, 0.2) is 0 Å². The molecule has 0 amide bonds. The second-order valence-corrected chi connectivity index (χ2v) is 12.0. The molecule has 4 heteroatoms. The van der Waals surface area contributed by atoms with E-state index in [1.807, 2.05) is 0 Å². The zero-order valence-electron chi connectivity index (χ0n) is 23.5. The molecule has 0 unspecified atom stereocenters. The lowest BCUT2D eigenvalue weighted by Crippen LogP contribution is -2.34. The number of allylic oxidation sites excluding steroid dienone is 1. The Morgan fingerprint density at radius 1 is 0.949 bits per heavy atom. The Kier molecular flexibility index (Phi) is 7.65. The van der Waals surface area contributed by atoms with Crippen molar-refractivity contribution in [2.75, 3.05) is 26.2 Å². The SMILES string of the molecule is CC(C)Cn1c(C(O)=C2CCC2)cc2c(OCCCN3CCC(c4ccc5ccccc5c4)CC3)cccc21. The van der Waals surface area contributed by atoms with Gasteiger partial charge in [-0.3, -0.25) is 0 Å². The first kappa shape index (κ1) is 26.0. The van der Waals surface area contributed by atoms with Crippen LogP contribution in [-0.2, 0) is 6.54 Å². The van der Waals surface area contributed by atoms with Crippen LogP contribution in [0.4, 0.5) is 0 Å². The highest BCUT2D eigenvalue weighted by Gasteiger charge is 2.22. The van der Waals surface area contributed by atoms with Crippen molar-refractivity contribution in [2.24, 2.45) is 5.92 Å². The number of nitrogens with zero attached hydrogens (tertiary/aromatic N) is 2. The Balaban J connectivity index is 1.06. The molecule has 1 saturated heterocycles. The van der Waals surface area contributed by atoms with Crippen molar-refractivity contribution in [3.63, 3.8) is 0 Å². The fourth-order valence-electron chi connectivity index (χ4n) is 6.33. The molecule has 39 heavy (non-hydrogen) atoms. The van der Waals surface area contributed by atoms with Gasteiger partial charge in [-0.15, -0.1) is 0 Å². The number of aliphatic hydroxyl groups excluding tert-OH is 1. The van der Waals surface area contributed by atoms with Gasteiger partial charge in [-0.05, 0) is 104 Å². The average molecular weight is 523 g/mol. The highest BCUT2D eigenvalue weighted by molar-refractivity contribution is 5.90. The predicted octanol–water partition coefficient (Wildman–Crippen LogP) is 8.55. The topological polar surface area (TPSA) is 37.6 Å². The third-order valence-electron chi connectivity index (χ3n) is 8.70. The molecule has 1 aliphatic heterocycles. The molecule has 1 aromatic heterocycles. The van der Waals surface area contributed by atoms with Crippen LogP contribution in [-0.4, -0.2) is 40.8 Å². The number of ether oxygens (including phenoxy) is 1. The van der Waals surface area contributed by atoms with E-state index in [0.29, 0.717) is 24.2 Å². The maximum Gasteiger partial charge on any atom is 0.138 e. The van der Waals surface area contributed by atoms with Gasteiger partial charge in [-0.25, -0.2) is 0 Å². The van der Waals surface area contributed by atoms with Gasteiger partial charge < -0.3 is 19.3 Å². The molecule has 4 aromatic rings. The molecule has 2 heterocycles. The van der Waals surface area contributed by atoms with Crippen LogP contribution in [0.5, 0.6) is 5.75 Å². The van der Waals surface area contributed by atoms with Gasteiger partial charge in [-0.2, -0.15) is 0 Å². The van der Waals surface area contributed by atoms with Crippen molar-refractivity contribution in [3.8, 4) is 5.75 Å². The fourth-order valence-corrected chi connectivity index (χ4v) is 6.33. The molecular formula is C35H42N2O2. The van der Waals surface area contributed by atoms with Gasteiger partial charge in [0.25, 0.3) is 0 Å². The van der Waals surface area contributed by atoms with E-state index in [-0.39, 0.29) is 0 Å². The van der Waals surface area contributed by atoms with Gasteiger partial charge in [0.2, 0.25) is 0 Å².